The third-order valence-electron chi connectivity index (χ3n) is 3.66. The second kappa shape index (κ2) is 7.11. The van der Waals surface area contributed by atoms with Crippen molar-refractivity contribution in [3.8, 4) is 5.88 Å². The predicted octanol–water partition coefficient (Wildman–Crippen LogP) is 4.16. The van der Waals surface area contributed by atoms with Gasteiger partial charge in [-0.3, -0.25) is 0 Å². The molecule has 1 fully saturated rings. The maximum absolute atomic E-state index is 6.14. The van der Waals surface area contributed by atoms with E-state index in [0.29, 0.717) is 28.7 Å². The van der Waals surface area contributed by atoms with E-state index in [1.807, 2.05) is 0 Å². The molecule has 1 aliphatic rings. The predicted molar refractivity (Wildman–Crippen MR) is 82.4 cm³/mol. The van der Waals surface area contributed by atoms with Crippen LogP contribution in [0.15, 0.2) is 6.20 Å². The molecule has 5 heteroatoms. The van der Waals surface area contributed by atoms with E-state index in [1.54, 1.807) is 6.20 Å². The Labute approximate surface area is 126 Å². The van der Waals surface area contributed by atoms with Gasteiger partial charge in [0.15, 0.2) is 0 Å². The van der Waals surface area contributed by atoms with Crippen molar-refractivity contribution in [1.29, 1.82) is 0 Å². The van der Waals surface area contributed by atoms with Crippen LogP contribution in [0.5, 0.6) is 5.88 Å². The first-order valence-corrected chi connectivity index (χ1v) is 7.89. The number of nitrogens with zero attached hydrogens (tertiary/aromatic N) is 2. The molecule has 2 unspecified atom stereocenters. The van der Waals surface area contributed by atoms with Crippen molar-refractivity contribution in [2.24, 2.45) is 11.8 Å². The smallest absolute Gasteiger partial charge is 0.237 e. The summed E-state index contributed by atoms with van der Waals surface area (Å²) in [7, 11) is 0. The van der Waals surface area contributed by atoms with Crippen LogP contribution in [0.25, 0.3) is 0 Å². The second-order valence-electron chi connectivity index (χ2n) is 5.93. The lowest BCUT2D eigenvalue weighted by Crippen LogP contribution is -2.29. The van der Waals surface area contributed by atoms with E-state index < -0.39 is 0 Å². The molecule has 1 saturated carbocycles. The van der Waals surface area contributed by atoms with Gasteiger partial charge in [-0.15, -0.1) is 0 Å². The van der Waals surface area contributed by atoms with Gasteiger partial charge in [-0.1, -0.05) is 32.4 Å². The number of aromatic nitrogens is 2. The Morgan fingerprint density at radius 2 is 2.00 bits per heavy atom. The summed E-state index contributed by atoms with van der Waals surface area (Å²) >= 11 is 6.14. The first kappa shape index (κ1) is 15.4. The summed E-state index contributed by atoms with van der Waals surface area (Å²) in [6, 6.07) is 0. The first-order chi connectivity index (χ1) is 9.58. The van der Waals surface area contributed by atoms with Crippen LogP contribution in [0.4, 0.5) is 5.95 Å². The molecule has 1 N–H and O–H groups in total. The highest BCUT2D eigenvalue weighted by Gasteiger charge is 2.26. The standard InChI is InChI=1S/C15H24ClN3O/c1-4-5-17-15-18-9-13(16)14(19-15)20-12-7-10(2)6-11(3)8-12/h9-12H,4-8H2,1-3H3,(H,17,18,19). The number of halogens is 1. The van der Waals surface area contributed by atoms with E-state index in [4.69, 9.17) is 16.3 Å². The van der Waals surface area contributed by atoms with Gasteiger partial charge in [0.25, 0.3) is 0 Å². The number of anilines is 1. The Bertz CT molecular complexity index is 431. The number of nitrogens with one attached hydrogen (secondary N) is 1. The number of ether oxygens (including phenoxy) is 1. The molecule has 0 amide bonds. The Hall–Kier alpha value is -1.03. The van der Waals surface area contributed by atoms with Crippen LogP contribution in [0.2, 0.25) is 5.02 Å². The average molecular weight is 298 g/mol. The van der Waals surface area contributed by atoms with Crippen LogP contribution in [-0.2, 0) is 0 Å². The number of hydrogen-bond acceptors (Lipinski definition) is 4. The first-order valence-electron chi connectivity index (χ1n) is 7.51. The summed E-state index contributed by atoms with van der Waals surface area (Å²) in [5.74, 6) is 2.49. The Morgan fingerprint density at radius 1 is 1.30 bits per heavy atom. The lowest BCUT2D eigenvalue weighted by atomic mass is 9.82. The molecule has 0 aromatic carbocycles. The third kappa shape index (κ3) is 4.23. The van der Waals surface area contributed by atoms with Gasteiger partial charge >= 0.3 is 0 Å². The zero-order valence-electron chi connectivity index (χ0n) is 12.5. The largest absolute Gasteiger partial charge is 0.473 e. The summed E-state index contributed by atoms with van der Waals surface area (Å²) in [6.07, 6.45) is 6.27. The molecular formula is C15H24ClN3O. The number of rotatable bonds is 5. The van der Waals surface area contributed by atoms with Crippen molar-refractivity contribution < 1.29 is 4.74 Å². The maximum atomic E-state index is 6.14. The minimum atomic E-state index is 0.208. The molecule has 1 aliphatic carbocycles. The molecule has 2 atom stereocenters. The summed E-state index contributed by atoms with van der Waals surface area (Å²) in [5, 5.41) is 3.64. The molecule has 0 saturated heterocycles. The van der Waals surface area contributed by atoms with Crippen LogP contribution >= 0.6 is 11.6 Å². The number of hydrogen-bond donors (Lipinski definition) is 1. The molecule has 0 spiro atoms. The topological polar surface area (TPSA) is 47.0 Å². The second-order valence-corrected chi connectivity index (χ2v) is 6.34. The van der Waals surface area contributed by atoms with Gasteiger partial charge in [-0.25, -0.2) is 4.98 Å². The molecule has 0 bridgehead atoms. The molecule has 2 rings (SSSR count). The van der Waals surface area contributed by atoms with Gasteiger partial charge in [-0.05, 0) is 37.5 Å². The van der Waals surface area contributed by atoms with Crippen molar-refractivity contribution in [3.05, 3.63) is 11.2 Å². The molecule has 0 radical (unpaired) electrons. The third-order valence-corrected chi connectivity index (χ3v) is 3.92. The van der Waals surface area contributed by atoms with Gasteiger partial charge < -0.3 is 10.1 Å². The molecule has 1 aromatic heterocycles. The fourth-order valence-corrected chi connectivity index (χ4v) is 3.02. The highest BCUT2D eigenvalue weighted by Crippen LogP contribution is 2.32. The van der Waals surface area contributed by atoms with Crippen LogP contribution in [0, 0.1) is 11.8 Å². The van der Waals surface area contributed by atoms with Crippen molar-refractivity contribution in [1.82, 2.24) is 9.97 Å². The molecule has 4 nitrogen and oxygen atoms in total. The highest BCUT2D eigenvalue weighted by atomic mass is 35.5. The van der Waals surface area contributed by atoms with E-state index >= 15 is 0 Å². The average Bonchev–Trinajstić information content (AvgIpc) is 2.38. The fourth-order valence-electron chi connectivity index (χ4n) is 2.88. The molecular weight excluding hydrogens is 274 g/mol. The zero-order chi connectivity index (χ0) is 14.5. The summed E-state index contributed by atoms with van der Waals surface area (Å²) in [6.45, 7) is 7.51. The van der Waals surface area contributed by atoms with Crippen molar-refractivity contribution in [2.45, 2.75) is 52.6 Å². The van der Waals surface area contributed by atoms with Crippen molar-refractivity contribution >= 4 is 17.5 Å². The summed E-state index contributed by atoms with van der Waals surface area (Å²) in [4.78, 5) is 8.54. The molecule has 112 valence electrons. The summed E-state index contributed by atoms with van der Waals surface area (Å²) in [5.41, 5.74) is 0. The lowest BCUT2D eigenvalue weighted by molar-refractivity contribution is 0.0968. The Balaban J connectivity index is 2.03. The van der Waals surface area contributed by atoms with Crippen LogP contribution in [-0.4, -0.2) is 22.6 Å². The van der Waals surface area contributed by atoms with E-state index in [-0.39, 0.29) is 6.10 Å². The van der Waals surface area contributed by atoms with Crippen molar-refractivity contribution in [2.75, 3.05) is 11.9 Å². The zero-order valence-corrected chi connectivity index (χ0v) is 13.3. The fraction of sp³-hybridized carbons (Fsp3) is 0.733. The molecule has 0 aliphatic heterocycles. The van der Waals surface area contributed by atoms with Crippen LogP contribution in [0.3, 0.4) is 0 Å². The lowest BCUT2D eigenvalue weighted by Gasteiger charge is -2.31. The van der Waals surface area contributed by atoms with E-state index in [9.17, 15) is 0 Å². The van der Waals surface area contributed by atoms with E-state index in [0.717, 1.165) is 25.8 Å². The van der Waals surface area contributed by atoms with Gasteiger partial charge in [0, 0.05) is 6.54 Å². The monoisotopic (exact) mass is 297 g/mol. The van der Waals surface area contributed by atoms with Crippen LogP contribution < -0.4 is 10.1 Å². The minimum Gasteiger partial charge on any atom is -0.473 e. The quantitative estimate of drug-likeness (QED) is 0.886. The summed E-state index contributed by atoms with van der Waals surface area (Å²) < 4.78 is 6.02. The van der Waals surface area contributed by atoms with E-state index in [2.05, 4.69) is 36.1 Å². The maximum Gasteiger partial charge on any atom is 0.237 e. The Morgan fingerprint density at radius 3 is 2.65 bits per heavy atom. The van der Waals surface area contributed by atoms with Crippen LogP contribution in [0.1, 0.15) is 46.5 Å². The molecule has 1 aromatic rings. The van der Waals surface area contributed by atoms with Gasteiger partial charge in [0.1, 0.15) is 11.1 Å². The van der Waals surface area contributed by atoms with Crippen molar-refractivity contribution in [3.63, 3.8) is 0 Å². The van der Waals surface area contributed by atoms with Gasteiger partial charge in [-0.2, -0.15) is 4.98 Å². The highest BCUT2D eigenvalue weighted by molar-refractivity contribution is 6.31. The Kier molecular flexibility index (Phi) is 5.46. The SMILES string of the molecule is CCCNc1ncc(Cl)c(OC2CC(C)CC(C)C2)n1. The van der Waals surface area contributed by atoms with E-state index in [1.165, 1.54) is 6.42 Å². The molecule has 1 heterocycles. The van der Waals surface area contributed by atoms with Gasteiger partial charge in [0.2, 0.25) is 11.8 Å². The van der Waals surface area contributed by atoms with Gasteiger partial charge in [0.05, 0.1) is 6.20 Å². The molecule has 20 heavy (non-hydrogen) atoms. The minimum absolute atomic E-state index is 0.208. The normalized spacial score (nSPS) is 26.3.